The van der Waals surface area contributed by atoms with Crippen LogP contribution in [0.5, 0.6) is 0 Å². The highest BCUT2D eigenvalue weighted by molar-refractivity contribution is 5.59. The van der Waals surface area contributed by atoms with Crippen LogP contribution in [0.1, 0.15) is 13.8 Å². The second-order valence-corrected chi connectivity index (χ2v) is 3.30. The van der Waals surface area contributed by atoms with E-state index in [9.17, 15) is 10.1 Å². The van der Waals surface area contributed by atoms with Gasteiger partial charge < -0.3 is 10.1 Å². The maximum Gasteiger partial charge on any atom is 0.310 e. The second-order valence-electron chi connectivity index (χ2n) is 3.30. The van der Waals surface area contributed by atoms with E-state index in [4.69, 9.17) is 4.74 Å². The first-order valence-corrected chi connectivity index (χ1v) is 5.09. The van der Waals surface area contributed by atoms with E-state index in [1.807, 2.05) is 13.8 Å². The van der Waals surface area contributed by atoms with Crippen LogP contribution in [-0.2, 0) is 4.74 Å². The molecule has 1 heterocycles. The van der Waals surface area contributed by atoms with Crippen molar-refractivity contribution in [2.45, 2.75) is 20.0 Å². The number of hydrogen-bond donors (Lipinski definition) is 1. The van der Waals surface area contributed by atoms with E-state index in [1.165, 1.54) is 12.4 Å². The minimum Gasteiger partial charge on any atom is -0.377 e. The molecular weight excluding hydrogens is 210 g/mol. The average molecular weight is 225 g/mol. The number of hydrogen-bond acceptors (Lipinski definition) is 5. The molecule has 1 unspecified atom stereocenters. The molecule has 0 saturated heterocycles. The topological polar surface area (TPSA) is 77.3 Å². The molecule has 0 aliphatic heterocycles. The lowest BCUT2D eigenvalue weighted by atomic mass is 10.3. The number of nitrogens with zero attached hydrogens (tertiary/aromatic N) is 2. The number of nitro groups is 1. The van der Waals surface area contributed by atoms with Gasteiger partial charge in [0.15, 0.2) is 0 Å². The number of nitrogens with one attached hydrogen (secondary N) is 1. The van der Waals surface area contributed by atoms with Gasteiger partial charge in [-0.05, 0) is 19.9 Å². The molecule has 0 radical (unpaired) electrons. The SMILES string of the molecule is CCOC(C)CNc1ccncc1[N+](=O)[O-]. The van der Waals surface area contributed by atoms with Gasteiger partial charge in [-0.25, -0.2) is 0 Å². The first-order chi connectivity index (χ1) is 7.65. The summed E-state index contributed by atoms with van der Waals surface area (Å²) in [7, 11) is 0. The average Bonchev–Trinajstić information content (AvgIpc) is 2.27. The number of aromatic nitrogens is 1. The van der Waals surface area contributed by atoms with Crippen molar-refractivity contribution in [3.8, 4) is 0 Å². The molecule has 1 atom stereocenters. The molecular formula is C10H15N3O3. The highest BCUT2D eigenvalue weighted by Crippen LogP contribution is 2.21. The van der Waals surface area contributed by atoms with Crippen molar-refractivity contribution < 1.29 is 9.66 Å². The Balaban J connectivity index is 2.63. The van der Waals surface area contributed by atoms with E-state index in [-0.39, 0.29) is 11.8 Å². The van der Waals surface area contributed by atoms with Gasteiger partial charge in [-0.1, -0.05) is 0 Å². The Morgan fingerprint density at radius 2 is 2.44 bits per heavy atom. The van der Waals surface area contributed by atoms with Gasteiger partial charge in [-0.15, -0.1) is 0 Å². The molecule has 88 valence electrons. The molecule has 1 aromatic heterocycles. The third kappa shape index (κ3) is 3.47. The maximum absolute atomic E-state index is 10.7. The number of anilines is 1. The van der Waals surface area contributed by atoms with E-state index in [0.717, 1.165) is 0 Å². The molecule has 0 aliphatic rings. The summed E-state index contributed by atoms with van der Waals surface area (Å²) in [6.07, 6.45) is 2.76. The van der Waals surface area contributed by atoms with Crippen LogP contribution >= 0.6 is 0 Å². The Hall–Kier alpha value is -1.69. The van der Waals surface area contributed by atoms with Crippen LogP contribution in [0.3, 0.4) is 0 Å². The van der Waals surface area contributed by atoms with E-state index in [2.05, 4.69) is 10.3 Å². The van der Waals surface area contributed by atoms with Crippen molar-refractivity contribution >= 4 is 11.4 Å². The van der Waals surface area contributed by atoms with Crippen molar-refractivity contribution in [3.63, 3.8) is 0 Å². The van der Waals surface area contributed by atoms with Crippen molar-refractivity contribution in [2.24, 2.45) is 0 Å². The fraction of sp³-hybridized carbons (Fsp3) is 0.500. The zero-order chi connectivity index (χ0) is 12.0. The summed E-state index contributed by atoms with van der Waals surface area (Å²) in [6, 6.07) is 1.58. The van der Waals surface area contributed by atoms with Gasteiger partial charge in [0.1, 0.15) is 11.9 Å². The predicted molar refractivity (Wildman–Crippen MR) is 60.5 cm³/mol. The summed E-state index contributed by atoms with van der Waals surface area (Å²) < 4.78 is 5.32. The van der Waals surface area contributed by atoms with Crippen molar-refractivity contribution in [1.82, 2.24) is 4.98 Å². The number of ether oxygens (including phenoxy) is 1. The monoisotopic (exact) mass is 225 g/mol. The van der Waals surface area contributed by atoms with Crippen LogP contribution in [-0.4, -0.2) is 29.2 Å². The van der Waals surface area contributed by atoms with Crippen molar-refractivity contribution in [2.75, 3.05) is 18.5 Å². The standard InChI is InChI=1S/C10H15N3O3/c1-3-16-8(2)6-12-9-4-5-11-7-10(9)13(14)15/h4-5,7-8H,3,6H2,1-2H3,(H,11,12). The second kappa shape index (κ2) is 6.02. The lowest BCUT2D eigenvalue weighted by Crippen LogP contribution is -2.20. The van der Waals surface area contributed by atoms with Crippen LogP contribution in [0.25, 0.3) is 0 Å². The quantitative estimate of drug-likeness (QED) is 0.590. The van der Waals surface area contributed by atoms with Gasteiger partial charge in [0.25, 0.3) is 0 Å². The van der Waals surface area contributed by atoms with E-state index < -0.39 is 4.92 Å². The van der Waals surface area contributed by atoms with Crippen LogP contribution in [0.15, 0.2) is 18.5 Å². The molecule has 0 bridgehead atoms. The van der Waals surface area contributed by atoms with E-state index in [1.54, 1.807) is 6.07 Å². The molecule has 0 aromatic carbocycles. The molecule has 0 saturated carbocycles. The minimum atomic E-state index is -0.458. The van der Waals surface area contributed by atoms with Crippen LogP contribution in [0.2, 0.25) is 0 Å². The van der Waals surface area contributed by atoms with Crippen molar-refractivity contribution in [3.05, 3.63) is 28.6 Å². The summed E-state index contributed by atoms with van der Waals surface area (Å²) in [6.45, 7) is 4.97. The molecule has 1 rings (SSSR count). The highest BCUT2D eigenvalue weighted by Gasteiger charge is 2.13. The first-order valence-electron chi connectivity index (χ1n) is 5.09. The number of rotatable bonds is 6. The van der Waals surface area contributed by atoms with Crippen LogP contribution < -0.4 is 5.32 Å². The zero-order valence-electron chi connectivity index (χ0n) is 9.34. The summed E-state index contributed by atoms with van der Waals surface area (Å²) in [4.78, 5) is 13.9. The summed E-state index contributed by atoms with van der Waals surface area (Å²) >= 11 is 0. The van der Waals surface area contributed by atoms with Gasteiger partial charge >= 0.3 is 5.69 Å². The lowest BCUT2D eigenvalue weighted by molar-refractivity contribution is -0.384. The smallest absolute Gasteiger partial charge is 0.310 e. The van der Waals surface area contributed by atoms with Gasteiger partial charge in [-0.3, -0.25) is 15.1 Å². The zero-order valence-corrected chi connectivity index (χ0v) is 9.34. The van der Waals surface area contributed by atoms with E-state index >= 15 is 0 Å². The van der Waals surface area contributed by atoms with E-state index in [0.29, 0.717) is 18.8 Å². The van der Waals surface area contributed by atoms with Crippen molar-refractivity contribution in [1.29, 1.82) is 0 Å². The molecule has 6 heteroatoms. The van der Waals surface area contributed by atoms with Gasteiger partial charge in [0.05, 0.1) is 11.0 Å². The van der Waals surface area contributed by atoms with Gasteiger partial charge in [-0.2, -0.15) is 0 Å². The molecule has 0 spiro atoms. The molecule has 1 N–H and O–H groups in total. The van der Waals surface area contributed by atoms with Gasteiger partial charge in [0.2, 0.25) is 0 Å². The largest absolute Gasteiger partial charge is 0.377 e. The Labute approximate surface area is 93.8 Å². The fourth-order valence-corrected chi connectivity index (χ4v) is 1.28. The molecule has 0 fully saturated rings. The predicted octanol–water partition coefficient (Wildman–Crippen LogP) is 1.83. The first kappa shape index (κ1) is 12.4. The Morgan fingerprint density at radius 1 is 1.69 bits per heavy atom. The molecule has 1 aromatic rings. The summed E-state index contributed by atoms with van der Waals surface area (Å²) in [5.74, 6) is 0. The van der Waals surface area contributed by atoms with Gasteiger partial charge in [0, 0.05) is 19.3 Å². The molecule has 16 heavy (non-hydrogen) atoms. The maximum atomic E-state index is 10.7. The Bertz CT molecular complexity index is 357. The third-order valence-electron chi connectivity index (χ3n) is 2.03. The minimum absolute atomic E-state index is 0.0118. The Morgan fingerprint density at radius 3 is 3.06 bits per heavy atom. The number of pyridine rings is 1. The molecule has 0 amide bonds. The molecule has 6 nitrogen and oxygen atoms in total. The molecule has 0 aliphatic carbocycles. The summed E-state index contributed by atoms with van der Waals surface area (Å²) in [5, 5.41) is 13.7. The lowest BCUT2D eigenvalue weighted by Gasteiger charge is -2.13. The Kier molecular flexibility index (Phi) is 4.65. The van der Waals surface area contributed by atoms with Crippen LogP contribution in [0.4, 0.5) is 11.4 Å². The van der Waals surface area contributed by atoms with Crippen LogP contribution in [0, 0.1) is 10.1 Å². The fourth-order valence-electron chi connectivity index (χ4n) is 1.28. The summed E-state index contributed by atoms with van der Waals surface area (Å²) in [5.41, 5.74) is 0.442. The normalized spacial score (nSPS) is 12.1. The third-order valence-corrected chi connectivity index (χ3v) is 2.03. The highest BCUT2D eigenvalue weighted by atomic mass is 16.6.